The van der Waals surface area contributed by atoms with Crippen molar-refractivity contribution < 1.29 is 0 Å². The maximum Gasteiger partial charge on any atom is 0.253 e. The molecule has 1 aliphatic carbocycles. The van der Waals surface area contributed by atoms with Crippen LogP contribution in [0.3, 0.4) is 0 Å². The van der Waals surface area contributed by atoms with Crippen molar-refractivity contribution in [3.8, 4) is 0 Å². The summed E-state index contributed by atoms with van der Waals surface area (Å²) in [6.45, 7) is 2.65. The first-order chi connectivity index (χ1) is 15.4. The fourth-order valence-corrected chi connectivity index (χ4v) is 4.42. The number of rotatable bonds is 10. The van der Waals surface area contributed by atoms with E-state index in [-0.39, 0.29) is 12.1 Å². The Balaban J connectivity index is 1.39. The number of anilines is 2. The van der Waals surface area contributed by atoms with E-state index in [2.05, 4.69) is 64.9 Å². The van der Waals surface area contributed by atoms with Gasteiger partial charge in [0.15, 0.2) is 0 Å². The Hall–Kier alpha value is -3.18. The third kappa shape index (κ3) is 4.68. The van der Waals surface area contributed by atoms with Gasteiger partial charge in [0.05, 0.1) is 0 Å². The van der Waals surface area contributed by atoms with Crippen LogP contribution in [0.1, 0.15) is 30.0 Å². The molecule has 32 heavy (non-hydrogen) atoms. The lowest BCUT2D eigenvalue weighted by molar-refractivity contribution is 0.303. The molecule has 0 unspecified atom stereocenters. The van der Waals surface area contributed by atoms with Gasteiger partial charge in [-0.1, -0.05) is 60.7 Å². The molecule has 3 aromatic rings. The van der Waals surface area contributed by atoms with Crippen LogP contribution in [0.25, 0.3) is 5.57 Å². The lowest BCUT2D eigenvalue weighted by Gasteiger charge is -2.26. The van der Waals surface area contributed by atoms with Crippen LogP contribution >= 0.6 is 0 Å². The van der Waals surface area contributed by atoms with E-state index in [4.69, 9.17) is 0 Å². The SMILES string of the molecule is C[C@@H](CC1=CCc2ccccc21)Nc1c(NC[C@H](Cc2ccccc2)N(C)C)c(=O)c1=O. The molecule has 0 saturated carbocycles. The Morgan fingerprint density at radius 3 is 2.34 bits per heavy atom. The fraction of sp³-hybridized carbons (Fsp3) is 0.333. The van der Waals surface area contributed by atoms with Gasteiger partial charge in [-0.15, -0.1) is 0 Å². The number of likely N-dealkylation sites (N-methyl/N-ethyl adjacent to an activating group) is 1. The van der Waals surface area contributed by atoms with Gasteiger partial charge in [0.2, 0.25) is 0 Å². The number of hydrogen-bond donors (Lipinski definition) is 2. The van der Waals surface area contributed by atoms with E-state index in [0.29, 0.717) is 17.9 Å². The summed E-state index contributed by atoms with van der Waals surface area (Å²) >= 11 is 0. The van der Waals surface area contributed by atoms with Gasteiger partial charge in [-0.3, -0.25) is 9.59 Å². The van der Waals surface area contributed by atoms with E-state index >= 15 is 0 Å². The summed E-state index contributed by atoms with van der Waals surface area (Å²) in [5, 5.41) is 6.56. The second-order valence-corrected chi connectivity index (χ2v) is 8.94. The van der Waals surface area contributed by atoms with E-state index in [1.54, 1.807) is 0 Å². The minimum absolute atomic E-state index is 0.0465. The molecule has 0 radical (unpaired) electrons. The van der Waals surface area contributed by atoms with Crippen molar-refractivity contribution in [2.45, 2.75) is 38.3 Å². The minimum atomic E-state index is -0.428. The van der Waals surface area contributed by atoms with Gasteiger partial charge in [0.25, 0.3) is 10.9 Å². The van der Waals surface area contributed by atoms with Crippen molar-refractivity contribution in [3.05, 3.63) is 97.8 Å². The van der Waals surface area contributed by atoms with E-state index in [1.807, 2.05) is 32.3 Å². The third-order valence-electron chi connectivity index (χ3n) is 6.32. The molecule has 0 heterocycles. The second kappa shape index (κ2) is 9.53. The number of allylic oxidation sites excluding steroid dienone is 1. The Morgan fingerprint density at radius 2 is 1.59 bits per heavy atom. The summed E-state index contributed by atoms with van der Waals surface area (Å²) in [4.78, 5) is 26.7. The van der Waals surface area contributed by atoms with Crippen LogP contribution in [0.4, 0.5) is 11.4 Å². The van der Waals surface area contributed by atoms with E-state index < -0.39 is 10.9 Å². The first kappa shape index (κ1) is 22.0. The molecule has 2 atom stereocenters. The predicted octanol–water partition coefficient (Wildman–Crippen LogP) is 3.70. The number of hydrogen-bond acceptors (Lipinski definition) is 5. The van der Waals surface area contributed by atoms with E-state index in [9.17, 15) is 9.59 Å². The molecule has 0 aliphatic heterocycles. The Kier molecular flexibility index (Phi) is 6.56. The first-order valence-corrected chi connectivity index (χ1v) is 11.3. The van der Waals surface area contributed by atoms with Gasteiger partial charge in [0.1, 0.15) is 11.4 Å². The average molecular weight is 430 g/mol. The van der Waals surface area contributed by atoms with E-state index in [0.717, 1.165) is 19.3 Å². The predicted molar refractivity (Wildman–Crippen MR) is 133 cm³/mol. The average Bonchev–Trinajstić information content (AvgIpc) is 3.20. The molecule has 3 aromatic carbocycles. The van der Waals surface area contributed by atoms with Crippen LogP contribution in [0, 0.1) is 0 Å². The van der Waals surface area contributed by atoms with Crippen molar-refractivity contribution in [2.75, 3.05) is 31.3 Å². The highest BCUT2D eigenvalue weighted by atomic mass is 16.2. The lowest BCUT2D eigenvalue weighted by atomic mass is 10.00. The second-order valence-electron chi connectivity index (χ2n) is 8.94. The zero-order valence-corrected chi connectivity index (χ0v) is 19.0. The maximum atomic E-state index is 12.3. The Morgan fingerprint density at radius 1 is 0.906 bits per heavy atom. The monoisotopic (exact) mass is 429 g/mol. The zero-order valence-electron chi connectivity index (χ0n) is 19.0. The largest absolute Gasteiger partial charge is 0.378 e. The minimum Gasteiger partial charge on any atom is -0.378 e. The van der Waals surface area contributed by atoms with Crippen LogP contribution in [0.15, 0.2) is 70.3 Å². The zero-order chi connectivity index (χ0) is 22.7. The molecule has 5 heteroatoms. The van der Waals surface area contributed by atoms with Crippen molar-refractivity contribution >= 4 is 16.9 Å². The van der Waals surface area contributed by atoms with Crippen molar-refractivity contribution in [2.24, 2.45) is 0 Å². The Bertz CT molecular complexity index is 1170. The highest BCUT2D eigenvalue weighted by Gasteiger charge is 2.24. The summed E-state index contributed by atoms with van der Waals surface area (Å²) < 4.78 is 0. The Labute approximate surface area is 189 Å². The van der Waals surface area contributed by atoms with Crippen molar-refractivity contribution in [3.63, 3.8) is 0 Å². The molecule has 0 amide bonds. The molecule has 0 spiro atoms. The van der Waals surface area contributed by atoms with Crippen LogP contribution in [-0.4, -0.2) is 37.6 Å². The first-order valence-electron chi connectivity index (χ1n) is 11.3. The summed E-state index contributed by atoms with van der Waals surface area (Å²) in [5.41, 5.74) is 5.17. The smallest absolute Gasteiger partial charge is 0.253 e. The van der Waals surface area contributed by atoms with Crippen LogP contribution in [-0.2, 0) is 12.8 Å². The molecule has 0 saturated heterocycles. The van der Waals surface area contributed by atoms with Crippen molar-refractivity contribution in [1.82, 2.24) is 4.90 Å². The number of nitrogens with one attached hydrogen (secondary N) is 2. The quantitative estimate of drug-likeness (QED) is 0.481. The molecular formula is C27H31N3O2. The normalized spacial score (nSPS) is 14.8. The molecule has 0 bridgehead atoms. The number of benzene rings is 2. The summed E-state index contributed by atoms with van der Waals surface area (Å²) in [5.74, 6) is 0. The molecule has 1 aliphatic rings. The summed E-state index contributed by atoms with van der Waals surface area (Å²) in [7, 11) is 4.07. The number of nitrogens with zero attached hydrogens (tertiary/aromatic N) is 1. The highest BCUT2D eigenvalue weighted by Crippen LogP contribution is 2.31. The van der Waals surface area contributed by atoms with E-state index in [1.165, 1.54) is 22.3 Å². The van der Waals surface area contributed by atoms with Crippen LogP contribution in [0.5, 0.6) is 0 Å². The molecule has 166 valence electrons. The van der Waals surface area contributed by atoms with Gasteiger partial charge in [0, 0.05) is 18.6 Å². The van der Waals surface area contributed by atoms with Crippen LogP contribution in [0.2, 0.25) is 0 Å². The fourth-order valence-electron chi connectivity index (χ4n) is 4.42. The van der Waals surface area contributed by atoms with Gasteiger partial charge in [-0.25, -0.2) is 0 Å². The van der Waals surface area contributed by atoms with Gasteiger partial charge in [-0.05, 0) is 62.5 Å². The molecule has 0 fully saturated rings. The summed E-state index contributed by atoms with van der Waals surface area (Å²) in [6.07, 6.45) is 4.89. The summed E-state index contributed by atoms with van der Waals surface area (Å²) in [6, 6.07) is 19.0. The van der Waals surface area contributed by atoms with Crippen LogP contribution < -0.4 is 21.5 Å². The van der Waals surface area contributed by atoms with Crippen molar-refractivity contribution in [1.29, 1.82) is 0 Å². The number of fused-ring (bicyclic) bond motifs is 1. The molecule has 0 aromatic heterocycles. The van der Waals surface area contributed by atoms with Gasteiger partial charge >= 0.3 is 0 Å². The molecule has 5 nitrogen and oxygen atoms in total. The topological polar surface area (TPSA) is 61.4 Å². The lowest BCUT2D eigenvalue weighted by Crippen LogP contribution is -2.42. The maximum absolute atomic E-state index is 12.3. The molecular weight excluding hydrogens is 398 g/mol. The standard InChI is InChI=1S/C27H31N3O2/c1-18(15-21-14-13-20-11-7-8-12-23(20)21)29-25-24(26(31)27(25)32)28-17-22(30(2)3)16-19-9-5-4-6-10-19/h4-12,14,18,22,28-29H,13,15-17H2,1-3H3/t18-,22-/m0/s1. The highest BCUT2D eigenvalue weighted by molar-refractivity contribution is 5.76. The molecule has 4 rings (SSSR count). The van der Waals surface area contributed by atoms with Gasteiger partial charge < -0.3 is 15.5 Å². The molecule has 2 N–H and O–H groups in total. The van der Waals surface area contributed by atoms with Gasteiger partial charge in [-0.2, -0.15) is 0 Å². The third-order valence-corrected chi connectivity index (χ3v) is 6.32.